The number of benzene rings is 2. The van der Waals surface area contributed by atoms with E-state index in [1.54, 1.807) is 7.11 Å². The van der Waals surface area contributed by atoms with E-state index in [0.717, 1.165) is 32.8 Å². The number of carbonyl (C=O) groups is 2. The van der Waals surface area contributed by atoms with Gasteiger partial charge in [-0.3, -0.25) is 14.5 Å². The first-order valence-electron chi connectivity index (χ1n) is 10.4. The molecule has 0 unspecified atom stereocenters. The summed E-state index contributed by atoms with van der Waals surface area (Å²) >= 11 is 4.89. The van der Waals surface area contributed by atoms with Crippen LogP contribution >= 0.6 is 27.7 Å². The molecule has 0 saturated carbocycles. The smallest absolute Gasteiger partial charge is 0.265 e. The summed E-state index contributed by atoms with van der Waals surface area (Å²) in [6.45, 7) is 5.01. The first-order chi connectivity index (χ1) is 15.4. The fourth-order valence-electron chi connectivity index (χ4n) is 3.16. The summed E-state index contributed by atoms with van der Waals surface area (Å²) < 4.78 is 11.6. The Kier molecular flexibility index (Phi) is 8.78. The zero-order chi connectivity index (χ0) is 23.1. The molecule has 2 aromatic rings. The molecule has 32 heavy (non-hydrogen) atoms. The number of thioether (sulfide) groups is 1. The van der Waals surface area contributed by atoms with Gasteiger partial charge in [-0.05, 0) is 72.1 Å². The minimum atomic E-state index is -0.198. The average Bonchev–Trinajstić information content (AvgIpc) is 2.76. The number of hydrogen-bond donors (Lipinski definition) is 1. The van der Waals surface area contributed by atoms with Gasteiger partial charge in [0, 0.05) is 18.0 Å². The van der Waals surface area contributed by atoms with Crippen molar-refractivity contribution in [2.45, 2.75) is 31.3 Å². The molecular formula is C24H27BrN2O4S. The molecule has 0 aromatic heterocycles. The Balaban J connectivity index is 1.75. The summed E-state index contributed by atoms with van der Waals surface area (Å²) in [5.74, 6) is 0.326. The maximum atomic E-state index is 13.3. The molecule has 1 N–H and O–H groups in total. The van der Waals surface area contributed by atoms with Crippen LogP contribution in [0.5, 0.6) is 5.75 Å². The van der Waals surface area contributed by atoms with Gasteiger partial charge in [-0.25, -0.2) is 0 Å². The number of carbonyl (C=O) groups excluding carboxylic acids is 2. The minimum absolute atomic E-state index is 0.0366. The van der Waals surface area contributed by atoms with E-state index in [9.17, 15) is 9.59 Å². The first-order valence-corrected chi connectivity index (χ1v) is 12.0. The normalized spacial score (nSPS) is 14.6. The first kappa shape index (κ1) is 24.4. The molecular weight excluding hydrogens is 492 g/mol. The standard InChI is InChI=1S/C24H27BrN2O4S/c1-16(2)31-12-6-11-26-23(28)15-27-19-7-4-5-8-21(19)32-22(24(27)29)14-17-9-10-20(30-3)18(25)13-17/h4-5,7-10,13-14,16H,6,11-12,15H2,1-3H3,(H,26,28). The molecule has 0 atom stereocenters. The van der Waals surface area contributed by atoms with Crippen LogP contribution in [0.15, 0.2) is 56.7 Å². The zero-order valence-corrected chi connectivity index (χ0v) is 20.8. The number of para-hydroxylation sites is 1. The number of rotatable bonds is 9. The fourth-order valence-corrected chi connectivity index (χ4v) is 4.78. The maximum absolute atomic E-state index is 13.3. The van der Waals surface area contributed by atoms with E-state index in [1.807, 2.05) is 62.4 Å². The molecule has 0 radical (unpaired) electrons. The summed E-state index contributed by atoms with van der Waals surface area (Å²) in [5, 5.41) is 2.88. The number of nitrogens with zero attached hydrogens (tertiary/aromatic N) is 1. The predicted molar refractivity (Wildman–Crippen MR) is 132 cm³/mol. The third-order valence-corrected chi connectivity index (χ3v) is 6.40. The highest BCUT2D eigenvalue weighted by Crippen LogP contribution is 2.42. The lowest BCUT2D eigenvalue weighted by atomic mass is 10.2. The monoisotopic (exact) mass is 518 g/mol. The summed E-state index contributed by atoms with van der Waals surface area (Å²) in [6.07, 6.45) is 2.73. The van der Waals surface area contributed by atoms with Crippen LogP contribution in [0.3, 0.4) is 0 Å². The predicted octanol–water partition coefficient (Wildman–Crippen LogP) is 4.87. The van der Waals surface area contributed by atoms with Crippen LogP contribution in [-0.2, 0) is 14.3 Å². The molecule has 170 valence electrons. The number of fused-ring (bicyclic) bond motifs is 1. The van der Waals surface area contributed by atoms with E-state index in [0.29, 0.717) is 18.1 Å². The Hall–Kier alpha value is -2.29. The minimum Gasteiger partial charge on any atom is -0.496 e. The molecule has 8 heteroatoms. The third kappa shape index (κ3) is 6.37. The molecule has 1 heterocycles. The number of halogens is 1. The van der Waals surface area contributed by atoms with Gasteiger partial charge in [0.1, 0.15) is 12.3 Å². The number of amides is 2. The van der Waals surface area contributed by atoms with Crippen LogP contribution < -0.4 is 15.0 Å². The van der Waals surface area contributed by atoms with Crippen LogP contribution in [0.2, 0.25) is 0 Å². The number of ether oxygens (including phenoxy) is 2. The maximum Gasteiger partial charge on any atom is 0.265 e. The van der Waals surface area contributed by atoms with Gasteiger partial charge in [-0.1, -0.05) is 30.0 Å². The lowest BCUT2D eigenvalue weighted by Gasteiger charge is -2.29. The van der Waals surface area contributed by atoms with E-state index in [1.165, 1.54) is 16.7 Å². The van der Waals surface area contributed by atoms with E-state index in [-0.39, 0.29) is 24.5 Å². The van der Waals surface area contributed by atoms with Crippen molar-refractivity contribution in [1.82, 2.24) is 5.32 Å². The summed E-state index contributed by atoms with van der Waals surface area (Å²) in [4.78, 5) is 28.9. The van der Waals surface area contributed by atoms with Crippen LogP contribution in [0, 0.1) is 0 Å². The average molecular weight is 519 g/mol. The Labute approximate surface area is 201 Å². The fraction of sp³-hybridized carbons (Fsp3) is 0.333. The molecule has 6 nitrogen and oxygen atoms in total. The topological polar surface area (TPSA) is 67.9 Å². The second kappa shape index (κ2) is 11.5. The molecule has 1 aliphatic heterocycles. The third-order valence-electron chi connectivity index (χ3n) is 4.70. The lowest BCUT2D eigenvalue weighted by Crippen LogP contribution is -2.43. The highest BCUT2D eigenvalue weighted by Gasteiger charge is 2.30. The van der Waals surface area contributed by atoms with E-state index in [2.05, 4.69) is 21.2 Å². The van der Waals surface area contributed by atoms with Crippen molar-refractivity contribution < 1.29 is 19.1 Å². The van der Waals surface area contributed by atoms with Gasteiger partial charge < -0.3 is 14.8 Å². The Morgan fingerprint density at radius 2 is 2.03 bits per heavy atom. The molecule has 3 rings (SSSR count). The van der Waals surface area contributed by atoms with Crippen LogP contribution in [-0.4, -0.2) is 44.7 Å². The molecule has 1 aliphatic rings. The Morgan fingerprint density at radius 1 is 1.25 bits per heavy atom. The largest absolute Gasteiger partial charge is 0.496 e. The van der Waals surface area contributed by atoms with Crippen molar-refractivity contribution in [1.29, 1.82) is 0 Å². The number of hydrogen-bond acceptors (Lipinski definition) is 5. The quantitative estimate of drug-likeness (QED) is 0.378. The van der Waals surface area contributed by atoms with Crippen molar-refractivity contribution in [2.24, 2.45) is 0 Å². The van der Waals surface area contributed by atoms with Gasteiger partial charge in [0.05, 0.1) is 28.3 Å². The van der Waals surface area contributed by atoms with E-state index in [4.69, 9.17) is 9.47 Å². The van der Waals surface area contributed by atoms with Crippen LogP contribution in [0.4, 0.5) is 5.69 Å². The van der Waals surface area contributed by atoms with Gasteiger partial charge in [0.25, 0.3) is 5.91 Å². The zero-order valence-electron chi connectivity index (χ0n) is 18.4. The molecule has 0 spiro atoms. The number of anilines is 1. The summed E-state index contributed by atoms with van der Waals surface area (Å²) in [7, 11) is 1.61. The van der Waals surface area contributed by atoms with Crippen molar-refractivity contribution in [2.75, 3.05) is 31.7 Å². The molecule has 2 aromatic carbocycles. The Morgan fingerprint density at radius 3 is 2.75 bits per heavy atom. The molecule has 0 aliphatic carbocycles. The van der Waals surface area contributed by atoms with Gasteiger partial charge in [0.2, 0.25) is 5.91 Å². The van der Waals surface area contributed by atoms with Crippen molar-refractivity contribution in [3.8, 4) is 5.75 Å². The molecule has 2 amide bonds. The highest BCUT2D eigenvalue weighted by atomic mass is 79.9. The number of nitrogens with one attached hydrogen (secondary N) is 1. The lowest BCUT2D eigenvalue weighted by molar-refractivity contribution is -0.122. The van der Waals surface area contributed by atoms with Gasteiger partial charge >= 0.3 is 0 Å². The van der Waals surface area contributed by atoms with Gasteiger partial charge in [-0.2, -0.15) is 0 Å². The van der Waals surface area contributed by atoms with Gasteiger partial charge in [0.15, 0.2) is 0 Å². The van der Waals surface area contributed by atoms with Crippen molar-refractivity contribution in [3.63, 3.8) is 0 Å². The summed E-state index contributed by atoms with van der Waals surface area (Å²) in [5.41, 5.74) is 1.61. The van der Waals surface area contributed by atoms with Crippen LogP contribution in [0.25, 0.3) is 6.08 Å². The van der Waals surface area contributed by atoms with Crippen molar-refractivity contribution in [3.05, 3.63) is 57.4 Å². The van der Waals surface area contributed by atoms with E-state index >= 15 is 0 Å². The molecule has 0 fully saturated rings. The highest BCUT2D eigenvalue weighted by molar-refractivity contribution is 9.10. The molecule has 0 saturated heterocycles. The number of methoxy groups -OCH3 is 1. The SMILES string of the molecule is COc1ccc(C=C2Sc3ccccc3N(CC(=O)NCCCOC(C)C)C2=O)cc1Br. The molecule has 0 bridgehead atoms. The van der Waals surface area contributed by atoms with Crippen LogP contribution in [0.1, 0.15) is 25.8 Å². The Bertz CT molecular complexity index is 1010. The second-order valence-corrected chi connectivity index (χ2v) is 9.42. The van der Waals surface area contributed by atoms with Crippen molar-refractivity contribution >= 4 is 51.3 Å². The second-order valence-electron chi connectivity index (χ2n) is 7.49. The summed E-state index contributed by atoms with van der Waals surface area (Å²) in [6, 6.07) is 13.3. The van der Waals surface area contributed by atoms with Gasteiger partial charge in [-0.15, -0.1) is 0 Å². The van der Waals surface area contributed by atoms with E-state index < -0.39 is 0 Å².